The SMILES string of the molecule is CCCCC/C=C\C/C=C\CC1OC1C/C=C\CCCC(=O)O[C@H](COC(=O)CCCCCCCCCCc1oc(CCCCC)c(C)c1C)COP(=O)(O)OCCN. The molecule has 11 nitrogen and oxygen atoms in total. The van der Waals surface area contributed by atoms with Crippen LogP contribution >= 0.6 is 7.82 Å². The van der Waals surface area contributed by atoms with Gasteiger partial charge in [0.25, 0.3) is 0 Å². The number of furan rings is 1. The summed E-state index contributed by atoms with van der Waals surface area (Å²) in [6, 6.07) is 0. The third kappa shape index (κ3) is 26.4. The molecule has 4 atom stereocenters. The number of ether oxygens (including phenoxy) is 3. The predicted octanol–water partition coefficient (Wildman–Crippen LogP) is 11.6. The number of hydrogen-bond acceptors (Lipinski definition) is 10. The van der Waals surface area contributed by atoms with Gasteiger partial charge in [0.2, 0.25) is 0 Å². The molecule has 0 aromatic carbocycles. The van der Waals surface area contributed by atoms with Gasteiger partial charge >= 0.3 is 19.8 Å². The standard InChI is InChI=1S/C47H80NO10P/c1-5-7-9-10-11-12-16-19-25-31-44-45(58-44)32-26-21-22-28-34-47(50)56-41(38-55-59(51,52)54-36-35-48)37-53-46(49)33-27-20-17-14-13-15-18-24-30-43-40(4)39(3)42(57-43)29-23-8-6-2/h11-12,19,21,25-26,41,44-45H,5-10,13-18,20,22-24,27-38,48H2,1-4H3,(H,51,52)/b12-11-,25-19-,26-21-/t41-,44?,45?/m1/s1. The summed E-state index contributed by atoms with van der Waals surface area (Å²) in [5.74, 6) is 1.41. The van der Waals surface area contributed by atoms with E-state index in [1.165, 1.54) is 74.7 Å². The fourth-order valence-corrected chi connectivity index (χ4v) is 7.55. The quantitative estimate of drug-likeness (QED) is 0.0214. The number of rotatable bonds is 38. The summed E-state index contributed by atoms with van der Waals surface area (Å²) in [6.45, 7) is 7.92. The van der Waals surface area contributed by atoms with Crippen LogP contribution in [0, 0.1) is 13.8 Å². The zero-order chi connectivity index (χ0) is 43.0. The van der Waals surface area contributed by atoms with Crippen LogP contribution in [0.25, 0.3) is 0 Å². The van der Waals surface area contributed by atoms with Crippen molar-refractivity contribution in [3.8, 4) is 0 Å². The van der Waals surface area contributed by atoms with E-state index >= 15 is 0 Å². The summed E-state index contributed by atoms with van der Waals surface area (Å²) in [5, 5.41) is 0. The van der Waals surface area contributed by atoms with Crippen LogP contribution in [-0.4, -0.2) is 61.5 Å². The number of carbonyl (C=O) groups excluding carboxylic acids is 2. The molecular weight excluding hydrogens is 769 g/mol. The number of phosphoric ester groups is 1. The van der Waals surface area contributed by atoms with Crippen LogP contribution in [0.2, 0.25) is 0 Å². The second kappa shape index (κ2) is 33.1. The minimum atomic E-state index is -4.41. The van der Waals surface area contributed by atoms with Crippen molar-refractivity contribution in [2.45, 2.75) is 200 Å². The molecule has 1 saturated heterocycles. The van der Waals surface area contributed by atoms with Gasteiger partial charge in [0.1, 0.15) is 18.1 Å². The highest BCUT2D eigenvalue weighted by molar-refractivity contribution is 7.47. The van der Waals surface area contributed by atoms with E-state index < -0.39 is 32.5 Å². The molecule has 1 fully saturated rings. The fourth-order valence-electron chi connectivity index (χ4n) is 6.79. The van der Waals surface area contributed by atoms with Crippen molar-refractivity contribution in [3.63, 3.8) is 0 Å². The van der Waals surface area contributed by atoms with Crippen LogP contribution < -0.4 is 5.73 Å². The maximum atomic E-state index is 12.6. The minimum absolute atomic E-state index is 0.0351. The highest BCUT2D eigenvalue weighted by Gasteiger charge is 2.36. The van der Waals surface area contributed by atoms with Crippen LogP contribution in [-0.2, 0) is 50.3 Å². The van der Waals surface area contributed by atoms with E-state index in [0.717, 1.165) is 70.0 Å². The molecule has 12 heteroatoms. The summed E-state index contributed by atoms with van der Waals surface area (Å²) in [4.78, 5) is 35.1. The first-order valence-corrected chi connectivity index (χ1v) is 24.4. The molecule has 0 saturated carbocycles. The largest absolute Gasteiger partial charge is 0.472 e. The number of aryl methyl sites for hydroxylation is 2. The molecule has 1 aliphatic heterocycles. The molecule has 0 bridgehead atoms. The van der Waals surface area contributed by atoms with Gasteiger partial charge in [-0.15, -0.1) is 0 Å². The van der Waals surface area contributed by atoms with Crippen molar-refractivity contribution in [3.05, 3.63) is 59.1 Å². The van der Waals surface area contributed by atoms with Crippen LogP contribution in [0.15, 0.2) is 40.9 Å². The lowest BCUT2D eigenvalue weighted by Crippen LogP contribution is -2.29. The lowest BCUT2D eigenvalue weighted by Gasteiger charge is -2.19. The van der Waals surface area contributed by atoms with Gasteiger partial charge in [-0.25, -0.2) is 4.57 Å². The van der Waals surface area contributed by atoms with Gasteiger partial charge in [-0.05, 0) is 89.2 Å². The maximum absolute atomic E-state index is 12.6. The molecule has 0 aliphatic carbocycles. The average Bonchev–Trinajstić information content (AvgIpc) is 3.92. The first-order valence-electron chi connectivity index (χ1n) is 22.9. The molecule has 2 heterocycles. The number of allylic oxidation sites excluding steroid dienone is 4. The summed E-state index contributed by atoms with van der Waals surface area (Å²) in [7, 11) is -4.41. The molecule has 0 spiro atoms. The third-order valence-electron chi connectivity index (χ3n) is 10.6. The van der Waals surface area contributed by atoms with Crippen LogP contribution in [0.4, 0.5) is 0 Å². The zero-order valence-electron chi connectivity index (χ0n) is 37.1. The Balaban J connectivity index is 1.59. The Morgan fingerprint density at radius 3 is 1.90 bits per heavy atom. The van der Waals surface area contributed by atoms with Crippen molar-refractivity contribution >= 4 is 19.8 Å². The van der Waals surface area contributed by atoms with Gasteiger partial charge in [0, 0.05) is 32.2 Å². The predicted molar refractivity (Wildman–Crippen MR) is 236 cm³/mol. The molecule has 3 N–H and O–H groups in total. The fraction of sp³-hybridized carbons (Fsp3) is 0.745. The molecule has 1 aliphatic rings. The first kappa shape index (κ1) is 52.6. The van der Waals surface area contributed by atoms with Crippen molar-refractivity contribution in [2.75, 3.05) is 26.4 Å². The molecule has 0 amide bonds. The van der Waals surface area contributed by atoms with Crippen LogP contribution in [0.5, 0.6) is 0 Å². The van der Waals surface area contributed by atoms with Crippen molar-refractivity contribution in [1.29, 1.82) is 0 Å². The molecule has 59 heavy (non-hydrogen) atoms. The van der Waals surface area contributed by atoms with Gasteiger partial charge in [-0.2, -0.15) is 0 Å². The Kier molecular flexibility index (Phi) is 29.6. The van der Waals surface area contributed by atoms with E-state index in [-0.39, 0.29) is 44.8 Å². The van der Waals surface area contributed by atoms with Crippen molar-refractivity contribution < 1.29 is 46.7 Å². The number of phosphoric acid groups is 1. The molecule has 2 rings (SSSR count). The van der Waals surface area contributed by atoms with Gasteiger partial charge in [-0.3, -0.25) is 18.6 Å². The van der Waals surface area contributed by atoms with Gasteiger partial charge in [0.15, 0.2) is 6.10 Å². The third-order valence-corrected chi connectivity index (χ3v) is 11.6. The Hall–Kier alpha value is -2.53. The Morgan fingerprint density at radius 2 is 1.24 bits per heavy atom. The molecule has 1 aromatic heterocycles. The lowest BCUT2D eigenvalue weighted by atomic mass is 10.0. The van der Waals surface area contributed by atoms with E-state index in [2.05, 4.69) is 58.1 Å². The molecule has 338 valence electrons. The summed E-state index contributed by atoms with van der Waals surface area (Å²) < 4.78 is 44.8. The van der Waals surface area contributed by atoms with Crippen LogP contribution in [0.1, 0.15) is 178 Å². The summed E-state index contributed by atoms with van der Waals surface area (Å²) in [6.07, 6.45) is 36.0. The first-order chi connectivity index (χ1) is 28.6. The number of carbonyl (C=O) groups is 2. The van der Waals surface area contributed by atoms with E-state index in [0.29, 0.717) is 19.3 Å². The number of hydrogen-bond donors (Lipinski definition) is 2. The number of esters is 2. The molecule has 0 radical (unpaired) electrons. The molecule has 3 unspecified atom stereocenters. The monoisotopic (exact) mass is 850 g/mol. The minimum Gasteiger partial charge on any atom is -0.466 e. The van der Waals surface area contributed by atoms with E-state index in [1.54, 1.807) is 0 Å². The van der Waals surface area contributed by atoms with Crippen molar-refractivity contribution in [1.82, 2.24) is 0 Å². The zero-order valence-corrected chi connectivity index (χ0v) is 38.0. The second-order valence-electron chi connectivity index (χ2n) is 15.9. The lowest BCUT2D eigenvalue weighted by molar-refractivity contribution is -0.161. The maximum Gasteiger partial charge on any atom is 0.472 e. The Labute approximate surface area is 356 Å². The smallest absolute Gasteiger partial charge is 0.466 e. The average molecular weight is 850 g/mol. The van der Waals surface area contributed by atoms with Gasteiger partial charge < -0.3 is 29.3 Å². The topological polar surface area (TPSA) is 160 Å². The Morgan fingerprint density at radius 1 is 0.695 bits per heavy atom. The number of epoxide rings is 1. The molecular formula is C47H80NO10P. The number of nitrogens with two attached hydrogens (primary N) is 1. The normalized spacial score (nSPS) is 17.0. The van der Waals surface area contributed by atoms with Gasteiger partial charge in [-0.1, -0.05) is 115 Å². The Bertz CT molecular complexity index is 1400. The summed E-state index contributed by atoms with van der Waals surface area (Å²) >= 11 is 0. The highest BCUT2D eigenvalue weighted by Crippen LogP contribution is 2.43. The molecule has 1 aromatic rings. The highest BCUT2D eigenvalue weighted by atomic mass is 31.2. The van der Waals surface area contributed by atoms with E-state index in [4.69, 9.17) is 33.4 Å². The van der Waals surface area contributed by atoms with Gasteiger partial charge in [0.05, 0.1) is 25.4 Å². The van der Waals surface area contributed by atoms with Crippen LogP contribution in [0.3, 0.4) is 0 Å². The number of unbranched alkanes of at least 4 members (excludes halogenated alkanes) is 13. The van der Waals surface area contributed by atoms with E-state index in [1.807, 2.05) is 6.08 Å². The van der Waals surface area contributed by atoms with E-state index in [9.17, 15) is 19.0 Å². The second-order valence-corrected chi connectivity index (χ2v) is 17.3. The summed E-state index contributed by atoms with van der Waals surface area (Å²) in [5.41, 5.74) is 8.01. The van der Waals surface area contributed by atoms with Crippen molar-refractivity contribution in [2.24, 2.45) is 5.73 Å².